The van der Waals surface area contributed by atoms with Gasteiger partial charge in [0.2, 0.25) is 0 Å². The summed E-state index contributed by atoms with van der Waals surface area (Å²) in [6.07, 6.45) is 0. The molecule has 0 N–H and O–H groups in total. The van der Waals surface area contributed by atoms with Crippen molar-refractivity contribution in [2.24, 2.45) is 0 Å². The number of aryl methyl sites for hydroxylation is 1. The van der Waals surface area contributed by atoms with Crippen LogP contribution in [0.1, 0.15) is 11.3 Å². The largest absolute Gasteiger partial charge is 0.468 e. The maximum atomic E-state index is 12.2. The Balaban J connectivity index is 2.13. The predicted molar refractivity (Wildman–Crippen MR) is 82.8 cm³/mol. The molecule has 0 bridgehead atoms. The molecule has 0 aliphatic heterocycles. The van der Waals surface area contributed by atoms with Gasteiger partial charge >= 0.3 is 0 Å². The highest BCUT2D eigenvalue weighted by molar-refractivity contribution is 5.85. The van der Waals surface area contributed by atoms with Crippen molar-refractivity contribution in [3.63, 3.8) is 0 Å². The lowest BCUT2D eigenvalue weighted by atomic mass is 10.0. The lowest BCUT2D eigenvalue weighted by Crippen LogP contribution is -2.23. The highest BCUT2D eigenvalue weighted by Crippen LogP contribution is 2.20. The second-order valence-corrected chi connectivity index (χ2v) is 4.95. The van der Waals surface area contributed by atoms with Gasteiger partial charge in [0.1, 0.15) is 0 Å². The van der Waals surface area contributed by atoms with Gasteiger partial charge in [-0.05, 0) is 23.3 Å². The Labute approximate surface area is 122 Å². The van der Waals surface area contributed by atoms with Crippen LogP contribution in [0.15, 0.2) is 53.3 Å². The van der Waals surface area contributed by atoms with E-state index >= 15 is 0 Å². The van der Waals surface area contributed by atoms with Crippen LogP contribution in [-0.2, 0) is 6.54 Å². The molecule has 0 aliphatic carbocycles. The van der Waals surface area contributed by atoms with Gasteiger partial charge in [-0.25, -0.2) is 4.98 Å². The highest BCUT2D eigenvalue weighted by Gasteiger charge is 2.09. The molecule has 1 heterocycles. The summed E-state index contributed by atoms with van der Waals surface area (Å²) in [4.78, 5) is 16.5. The Kier molecular flexibility index (Phi) is 3.44. The molecule has 0 amide bonds. The van der Waals surface area contributed by atoms with E-state index in [0.29, 0.717) is 18.2 Å². The van der Waals surface area contributed by atoms with Gasteiger partial charge in [0.05, 0.1) is 13.7 Å². The number of nitrogens with zero attached hydrogens (tertiary/aromatic N) is 2. The van der Waals surface area contributed by atoms with Gasteiger partial charge in [0.25, 0.3) is 11.6 Å². The Morgan fingerprint density at radius 3 is 2.71 bits per heavy atom. The van der Waals surface area contributed by atoms with Crippen LogP contribution in [0.4, 0.5) is 0 Å². The van der Waals surface area contributed by atoms with E-state index in [-0.39, 0.29) is 5.56 Å². The zero-order chi connectivity index (χ0) is 14.8. The molecule has 4 nitrogen and oxygen atoms in total. The molecule has 2 aromatic carbocycles. The molecule has 0 saturated heterocycles. The van der Waals surface area contributed by atoms with Crippen LogP contribution in [0.25, 0.3) is 10.8 Å². The van der Waals surface area contributed by atoms with Gasteiger partial charge in [-0.2, -0.15) is 0 Å². The second-order valence-electron chi connectivity index (χ2n) is 4.95. The highest BCUT2D eigenvalue weighted by atomic mass is 16.5. The van der Waals surface area contributed by atoms with Gasteiger partial charge in [0, 0.05) is 11.8 Å². The lowest BCUT2D eigenvalue weighted by Gasteiger charge is -2.12. The van der Waals surface area contributed by atoms with Crippen LogP contribution in [0, 0.1) is 6.92 Å². The van der Waals surface area contributed by atoms with E-state index in [2.05, 4.69) is 23.2 Å². The van der Waals surface area contributed by atoms with Gasteiger partial charge in [-0.3, -0.25) is 9.36 Å². The molecular formula is C17H16N2O2. The Bertz CT molecular complexity index is 848. The summed E-state index contributed by atoms with van der Waals surface area (Å²) in [6, 6.07) is 16.1. The Morgan fingerprint density at radius 1 is 1.14 bits per heavy atom. The van der Waals surface area contributed by atoms with E-state index < -0.39 is 0 Å². The van der Waals surface area contributed by atoms with Crippen molar-refractivity contribution in [1.29, 1.82) is 0 Å². The average molecular weight is 280 g/mol. The van der Waals surface area contributed by atoms with Gasteiger partial charge in [-0.15, -0.1) is 0 Å². The quantitative estimate of drug-likeness (QED) is 0.741. The molecular weight excluding hydrogens is 264 g/mol. The fourth-order valence-corrected chi connectivity index (χ4v) is 2.50. The molecule has 1 aromatic heterocycles. The molecule has 21 heavy (non-hydrogen) atoms. The average Bonchev–Trinajstić information content (AvgIpc) is 2.50. The fourth-order valence-electron chi connectivity index (χ4n) is 2.50. The number of aromatic nitrogens is 2. The van der Waals surface area contributed by atoms with Crippen molar-refractivity contribution >= 4 is 10.8 Å². The summed E-state index contributed by atoms with van der Waals surface area (Å²) < 4.78 is 6.79. The molecule has 0 atom stereocenters. The second kappa shape index (κ2) is 5.40. The predicted octanol–water partition coefficient (Wildman–Crippen LogP) is 2.76. The van der Waals surface area contributed by atoms with E-state index in [1.54, 1.807) is 11.5 Å². The van der Waals surface area contributed by atoms with E-state index in [1.165, 1.54) is 13.2 Å². The summed E-state index contributed by atoms with van der Waals surface area (Å²) in [5.41, 5.74) is 1.62. The van der Waals surface area contributed by atoms with Crippen molar-refractivity contribution in [1.82, 2.24) is 9.55 Å². The van der Waals surface area contributed by atoms with Crippen molar-refractivity contribution in [3.8, 4) is 6.01 Å². The molecule has 0 spiro atoms. The van der Waals surface area contributed by atoms with Crippen LogP contribution >= 0.6 is 0 Å². The number of methoxy groups -OCH3 is 1. The number of hydrogen-bond acceptors (Lipinski definition) is 3. The molecule has 3 aromatic rings. The van der Waals surface area contributed by atoms with Crippen molar-refractivity contribution < 1.29 is 4.74 Å². The topological polar surface area (TPSA) is 44.1 Å². The van der Waals surface area contributed by atoms with Gasteiger partial charge < -0.3 is 4.74 Å². The van der Waals surface area contributed by atoms with E-state index in [9.17, 15) is 4.79 Å². The standard InChI is InChI=1S/C17H16N2O2/c1-12-10-16(20)19(17(18-12)21-2)11-14-8-5-7-13-6-3-4-9-15(13)14/h3-10H,11H2,1-2H3. The number of hydrogen-bond donors (Lipinski definition) is 0. The van der Waals surface area contributed by atoms with Crippen LogP contribution in [0.5, 0.6) is 6.01 Å². The first-order valence-corrected chi connectivity index (χ1v) is 6.78. The lowest BCUT2D eigenvalue weighted by molar-refractivity contribution is 0.350. The van der Waals surface area contributed by atoms with Crippen LogP contribution < -0.4 is 10.3 Å². The number of fused-ring (bicyclic) bond motifs is 1. The molecule has 0 fully saturated rings. The SMILES string of the molecule is COc1nc(C)cc(=O)n1Cc1cccc2ccccc12. The Morgan fingerprint density at radius 2 is 1.90 bits per heavy atom. The van der Waals surface area contributed by atoms with E-state index in [4.69, 9.17) is 4.74 Å². The van der Waals surface area contributed by atoms with Crippen LogP contribution in [0.3, 0.4) is 0 Å². The van der Waals surface area contributed by atoms with Crippen molar-refractivity contribution in [3.05, 3.63) is 70.1 Å². The molecule has 4 heteroatoms. The van der Waals surface area contributed by atoms with Crippen LogP contribution in [-0.4, -0.2) is 16.7 Å². The summed E-state index contributed by atoms with van der Waals surface area (Å²) in [5, 5.41) is 2.29. The molecule has 106 valence electrons. The van der Waals surface area contributed by atoms with Crippen molar-refractivity contribution in [2.75, 3.05) is 7.11 Å². The van der Waals surface area contributed by atoms with Gasteiger partial charge in [-0.1, -0.05) is 42.5 Å². The first kappa shape index (κ1) is 13.4. The number of benzene rings is 2. The molecule has 0 aliphatic rings. The van der Waals surface area contributed by atoms with Crippen LogP contribution in [0.2, 0.25) is 0 Å². The minimum absolute atomic E-state index is 0.104. The number of ether oxygens (including phenoxy) is 1. The monoisotopic (exact) mass is 280 g/mol. The maximum Gasteiger partial charge on any atom is 0.299 e. The van der Waals surface area contributed by atoms with E-state index in [0.717, 1.165) is 16.3 Å². The third kappa shape index (κ3) is 2.52. The summed E-state index contributed by atoms with van der Waals surface area (Å²) in [6.45, 7) is 2.23. The van der Waals surface area contributed by atoms with Crippen molar-refractivity contribution in [2.45, 2.75) is 13.5 Å². The zero-order valence-electron chi connectivity index (χ0n) is 12.0. The normalized spacial score (nSPS) is 10.8. The third-order valence-corrected chi connectivity index (χ3v) is 3.49. The first-order valence-electron chi connectivity index (χ1n) is 6.78. The summed E-state index contributed by atoms with van der Waals surface area (Å²) in [7, 11) is 1.53. The first-order chi connectivity index (χ1) is 10.2. The van der Waals surface area contributed by atoms with Gasteiger partial charge in [0.15, 0.2) is 0 Å². The number of rotatable bonds is 3. The Hall–Kier alpha value is -2.62. The molecule has 0 radical (unpaired) electrons. The molecule has 3 rings (SSSR count). The smallest absolute Gasteiger partial charge is 0.299 e. The zero-order valence-corrected chi connectivity index (χ0v) is 12.0. The fraction of sp³-hybridized carbons (Fsp3) is 0.176. The maximum absolute atomic E-state index is 12.2. The van der Waals surface area contributed by atoms with E-state index in [1.807, 2.05) is 24.3 Å². The molecule has 0 unspecified atom stereocenters. The minimum atomic E-state index is -0.104. The summed E-state index contributed by atoms with van der Waals surface area (Å²) >= 11 is 0. The third-order valence-electron chi connectivity index (χ3n) is 3.49. The summed E-state index contributed by atoms with van der Waals surface area (Å²) in [5.74, 6) is 0. The molecule has 0 saturated carbocycles. The minimum Gasteiger partial charge on any atom is -0.468 e.